The second kappa shape index (κ2) is 8.52. The molecule has 1 N–H and O–H groups in total. The molecular formula is C23H30N2O3. The number of hydrogen-bond acceptors (Lipinski definition) is 5. The van der Waals surface area contributed by atoms with Crippen molar-refractivity contribution in [3.8, 4) is 11.5 Å². The number of rotatable bonds is 6. The second-order valence-corrected chi connectivity index (χ2v) is 7.91. The lowest BCUT2D eigenvalue weighted by atomic mass is 9.98. The van der Waals surface area contributed by atoms with Crippen LogP contribution in [0.25, 0.3) is 0 Å². The summed E-state index contributed by atoms with van der Waals surface area (Å²) in [6, 6.07) is 17.4. The van der Waals surface area contributed by atoms with E-state index in [9.17, 15) is 5.11 Å². The van der Waals surface area contributed by atoms with Gasteiger partial charge in [-0.05, 0) is 30.5 Å². The molecule has 0 aliphatic carbocycles. The van der Waals surface area contributed by atoms with Crippen molar-refractivity contribution in [1.82, 2.24) is 9.80 Å². The lowest BCUT2D eigenvalue weighted by Crippen LogP contribution is -2.56. The Morgan fingerprint density at radius 3 is 2.32 bits per heavy atom. The SMILES string of the molecule is COc1cccc(OC)c1CN1C[C@@H]2C[C@@H](O)CN2C[C@H]1Cc1ccccc1. The fourth-order valence-electron chi connectivity index (χ4n) is 4.74. The summed E-state index contributed by atoms with van der Waals surface area (Å²) < 4.78 is 11.3. The van der Waals surface area contributed by atoms with E-state index < -0.39 is 0 Å². The molecule has 4 rings (SSSR count). The molecule has 0 amide bonds. The van der Waals surface area contributed by atoms with Crippen molar-refractivity contribution < 1.29 is 14.6 Å². The molecule has 0 bridgehead atoms. The van der Waals surface area contributed by atoms with Gasteiger partial charge in [-0.15, -0.1) is 0 Å². The van der Waals surface area contributed by atoms with Gasteiger partial charge in [-0.3, -0.25) is 9.80 Å². The molecule has 2 fully saturated rings. The van der Waals surface area contributed by atoms with Crippen LogP contribution in [-0.4, -0.2) is 66.9 Å². The van der Waals surface area contributed by atoms with Gasteiger partial charge in [0.2, 0.25) is 0 Å². The van der Waals surface area contributed by atoms with Crippen molar-refractivity contribution in [1.29, 1.82) is 0 Å². The predicted molar refractivity (Wildman–Crippen MR) is 110 cm³/mol. The summed E-state index contributed by atoms with van der Waals surface area (Å²) in [7, 11) is 3.43. The van der Waals surface area contributed by atoms with E-state index in [1.165, 1.54) is 5.56 Å². The lowest BCUT2D eigenvalue weighted by molar-refractivity contribution is 0.0435. The molecule has 5 nitrogen and oxygen atoms in total. The molecule has 5 heteroatoms. The van der Waals surface area contributed by atoms with Crippen LogP contribution in [0.3, 0.4) is 0 Å². The highest BCUT2D eigenvalue weighted by atomic mass is 16.5. The summed E-state index contributed by atoms with van der Waals surface area (Å²) in [5, 5.41) is 10.2. The zero-order chi connectivity index (χ0) is 19.5. The Kier molecular flexibility index (Phi) is 5.85. The summed E-state index contributed by atoms with van der Waals surface area (Å²) in [4.78, 5) is 5.01. The molecule has 2 heterocycles. The molecular weight excluding hydrogens is 352 g/mol. The lowest BCUT2D eigenvalue weighted by Gasteiger charge is -2.44. The summed E-state index contributed by atoms with van der Waals surface area (Å²) in [5.41, 5.74) is 2.44. The zero-order valence-electron chi connectivity index (χ0n) is 16.8. The summed E-state index contributed by atoms with van der Waals surface area (Å²) >= 11 is 0. The molecule has 2 saturated heterocycles. The minimum Gasteiger partial charge on any atom is -0.496 e. The van der Waals surface area contributed by atoms with Gasteiger partial charge in [0.1, 0.15) is 11.5 Å². The number of benzene rings is 2. The molecule has 2 aromatic rings. The summed E-state index contributed by atoms with van der Waals surface area (Å²) in [6.45, 7) is 3.51. The largest absolute Gasteiger partial charge is 0.496 e. The van der Waals surface area contributed by atoms with Crippen molar-refractivity contribution >= 4 is 0 Å². The number of nitrogens with zero attached hydrogens (tertiary/aromatic N) is 2. The molecule has 0 aromatic heterocycles. The molecule has 0 spiro atoms. The average molecular weight is 383 g/mol. The second-order valence-electron chi connectivity index (χ2n) is 7.91. The van der Waals surface area contributed by atoms with Gasteiger partial charge in [-0.25, -0.2) is 0 Å². The number of piperazine rings is 1. The minimum atomic E-state index is -0.205. The van der Waals surface area contributed by atoms with Gasteiger partial charge in [0.15, 0.2) is 0 Å². The van der Waals surface area contributed by atoms with Gasteiger partial charge >= 0.3 is 0 Å². The van der Waals surface area contributed by atoms with Crippen LogP contribution in [0.1, 0.15) is 17.5 Å². The van der Waals surface area contributed by atoms with Gasteiger partial charge in [0, 0.05) is 38.3 Å². The van der Waals surface area contributed by atoms with Crippen LogP contribution in [0.4, 0.5) is 0 Å². The number of hydrogen-bond donors (Lipinski definition) is 1. The van der Waals surface area contributed by atoms with Gasteiger partial charge in [0.25, 0.3) is 0 Å². The number of aliphatic hydroxyl groups is 1. The van der Waals surface area contributed by atoms with Gasteiger partial charge < -0.3 is 14.6 Å². The predicted octanol–water partition coefficient (Wildman–Crippen LogP) is 2.57. The van der Waals surface area contributed by atoms with Crippen molar-refractivity contribution in [3.05, 3.63) is 59.7 Å². The van der Waals surface area contributed by atoms with E-state index in [4.69, 9.17) is 9.47 Å². The maximum Gasteiger partial charge on any atom is 0.127 e. The zero-order valence-corrected chi connectivity index (χ0v) is 16.8. The van der Waals surface area contributed by atoms with Crippen LogP contribution in [-0.2, 0) is 13.0 Å². The standard InChI is InChI=1S/C23H30N2O3/c1-27-22-9-6-10-23(28-2)21(22)16-25-14-19-12-20(26)15-24(19)13-18(25)11-17-7-4-3-5-8-17/h3-10,18-20,26H,11-16H2,1-2H3/t18-,19+,20-/m1/s1. The monoisotopic (exact) mass is 382 g/mol. The summed E-state index contributed by atoms with van der Waals surface area (Å²) in [6.07, 6.45) is 1.65. The molecule has 28 heavy (non-hydrogen) atoms. The maximum absolute atomic E-state index is 10.2. The number of aliphatic hydroxyl groups excluding tert-OH is 1. The van der Waals surface area contributed by atoms with Crippen LogP contribution >= 0.6 is 0 Å². The molecule has 3 atom stereocenters. The fourth-order valence-corrected chi connectivity index (χ4v) is 4.74. The average Bonchev–Trinajstić information content (AvgIpc) is 3.08. The van der Waals surface area contributed by atoms with Crippen LogP contribution in [0.15, 0.2) is 48.5 Å². The Balaban J connectivity index is 1.60. The van der Waals surface area contributed by atoms with E-state index in [-0.39, 0.29) is 6.10 Å². The topological polar surface area (TPSA) is 45.2 Å². The third kappa shape index (κ3) is 4.02. The van der Waals surface area contributed by atoms with Crippen LogP contribution in [0.2, 0.25) is 0 Å². The van der Waals surface area contributed by atoms with Crippen molar-refractivity contribution in [2.45, 2.75) is 37.6 Å². The van der Waals surface area contributed by atoms with Crippen molar-refractivity contribution in [3.63, 3.8) is 0 Å². The first kappa shape index (κ1) is 19.2. The highest BCUT2D eigenvalue weighted by Crippen LogP contribution is 2.33. The van der Waals surface area contributed by atoms with E-state index in [2.05, 4.69) is 40.1 Å². The molecule has 0 radical (unpaired) electrons. The first-order valence-electron chi connectivity index (χ1n) is 10.1. The van der Waals surface area contributed by atoms with Gasteiger partial charge in [0.05, 0.1) is 25.9 Å². The number of ether oxygens (including phenoxy) is 2. The third-order valence-electron chi connectivity index (χ3n) is 6.12. The van der Waals surface area contributed by atoms with Crippen LogP contribution in [0, 0.1) is 0 Å². The maximum atomic E-state index is 10.2. The highest BCUT2D eigenvalue weighted by molar-refractivity contribution is 5.44. The van der Waals surface area contributed by atoms with Crippen molar-refractivity contribution in [2.24, 2.45) is 0 Å². The highest BCUT2D eigenvalue weighted by Gasteiger charge is 2.39. The smallest absolute Gasteiger partial charge is 0.127 e. The van der Waals surface area contributed by atoms with Crippen LogP contribution < -0.4 is 9.47 Å². The molecule has 0 saturated carbocycles. The quantitative estimate of drug-likeness (QED) is 0.832. The molecule has 2 aliphatic rings. The Morgan fingerprint density at radius 2 is 1.64 bits per heavy atom. The van der Waals surface area contributed by atoms with E-state index in [0.29, 0.717) is 12.1 Å². The molecule has 0 unspecified atom stereocenters. The van der Waals surface area contributed by atoms with E-state index in [0.717, 1.165) is 56.1 Å². The number of methoxy groups -OCH3 is 2. The normalized spacial score (nSPS) is 25.5. The fraction of sp³-hybridized carbons (Fsp3) is 0.478. The van der Waals surface area contributed by atoms with E-state index in [1.807, 2.05) is 18.2 Å². The van der Waals surface area contributed by atoms with Crippen molar-refractivity contribution in [2.75, 3.05) is 33.9 Å². The Bertz CT molecular complexity index is 760. The molecule has 2 aromatic carbocycles. The Morgan fingerprint density at radius 1 is 0.929 bits per heavy atom. The van der Waals surface area contributed by atoms with E-state index >= 15 is 0 Å². The Labute approximate surface area is 167 Å². The Hall–Kier alpha value is -2.08. The molecule has 150 valence electrons. The first-order chi connectivity index (χ1) is 13.7. The molecule has 2 aliphatic heterocycles. The van der Waals surface area contributed by atoms with Gasteiger partial charge in [-0.2, -0.15) is 0 Å². The third-order valence-corrected chi connectivity index (χ3v) is 6.12. The minimum absolute atomic E-state index is 0.205. The first-order valence-corrected chi connectivity index (χ1v) is 10.1. The summed E-state index contributed by atoms with van der Waals surface area (Å²) in [5.74, 6) is 1.73. The number of fused-ring (bicyclic) bond motifs is 1. The van der Waals surface area contributed by atoms with Gasteiger partial charge in [-0.1, -0.05) is 36.4 Å². The van der Waals surface area contributed by atoms with E-state index in [1.54, 1.807) is 14.2 Å². The van der Waals surface area contributed by atoms with Crippen LogP contribution in [0.5, 0.6) is 11.5 Å².